The van der Waals surface area contributed by atoms with Crippen LogP contribution < -0.4 is 10.6 Å². The van der Waals surface area contributed by atoms with Gasteiger partial charge in [0.1, 0.15) is 0 Å². The molecule has 4 nitrogen and oxygen atoms in total. The number of rotatable bonds is 6. The first-order valence-corrected chi connectivity index (χ1v) is 8.14. The van der Waals surface area contributed by atoms with Crippen molar-refractivity contribution in [2.24, 2.45) is 10.9 Å². The minimum absolute atomic E-state index is 0.690. The van der Waals surface area contributed by atoms with Crippen molar-refractivity contribution < 1.29 is 0 Å². The Bertz CT molecular complexity index is 620. The summed E-state index contributed by atoms with van der Waals surface area (Å²) >= 11 is 0. The van der Waals surface area contributed by atoms with Crippen LogP contribution in [0.15, 0.2) is 53.7 Å². The Balaban J connectivity index is 1.93. The highest BCUT2D eigenvalue weighted by Crippen LogP contribution is 2.17. The van der Waals surface area contributed by atoms with Crippen LogP contribution in [-0.4, -0.2) is 24.5 Å². The molecule has 0 amide bonds. The van der Waals surface area contributed by atoms with Gasteiger partial charge in [-0.3, -0.25) is 9.98 Å². The SMILES string of the molecule is CN=C(NCCC(C)C)NCc1cccc(-c2ccccn2)c1. The molecule has 2 N–H and O–H groups in total. The second-order valence-corrected chi connectivity index (χ2v) is 5.95. The molecule has 0 aliphatic rings. The van der Waals surface area contributed by atoms with E-state index in [0.29, 0.717) is 5.92 Å². The number of hydrogen-bond acceptors (Lipinski definition) is 2. The number of guanidine groups is 1. The smallest absolute Gasteiger partial charge is 0.191 e. The largest absolute Gasteiger partial charge is 0.356 e. The average molecular weight is 310 g/mol. The molecule has 4 heteroatoms. The van der Waals surface area contributed by atoms with E-state index in [1.807, 2.05) is 24.4 Å². The molecule has 0 aliphatic heterocycles. The minimum Gasteiger partial charge on any atom is -0.356 e. The number of hydrogen-bond donors (Lipinski definition) is 2. The van der Waals surface area contributed by atoms with Crippen LogP contribution >= 0.6 is 0 Å². The molecule has 1 aromatic carbocycles. The van der Waals surface area contributed by atoms with E-state index in [4.69, 9.17) is 0 Å². The second kappa shape index (κ2) is 8.93. The van der Waals surface area contributed by atoms with Gasteiger partial charge >= 0.3 is 0 Å². The third-order valence-corrected chi connectivity index (χ3v) is 3.59. The molecule has 0 radical (unpaired) electrons. The normalized spacial score (nSPS) is 11.6. The zero-order chi connectivity index (χ0) is 16.5. The van der Waals surface area contributed by atoms with Crippen LogP contribution in [0.5, 0.6) is 0 Å². The van der Waals surface area contributed by atoms with Crippen LogP contribution in [0, 0.1) is 5.92 Å². The maximum absolute atomic E-state index is 4.40. The summed E-state index contributed by atoms with van der Waals surface area (Å²) < 4.78 is 0. The lowest BCUT2D eigenvalue weighted by atomic mass is 10.1. The third kappa shape index (κ3) is 5.74. The Morgan fingerprint density at radius 2 is 2.00 bits per heavy atom. The van der Waals surface area contributed by atoms with E-state index in [1.165, 1.54) is 5.56 Å². The van der Waals surface area contributed by atoms with E-state index < -0.39 is 0 Å². The Kier molecular flexibility index (Phi) is 6.60. The van der Waals surface area contributed by atoms with Crippen molar-refractivity contribution >= 4 is 5.96 Å². The lowest BCUT2D eigenvalue weighted by Crippen LogP contribution is -2.37. The summed E-state index contributed by atoms with van der Waals surface area (Å²) in [6.07, 6.45) is 2.95. The number of aromatic nitrogens is 1. The molecule has 23 heavy (non-hydrogen) atoms. The first-order chi connectivity index (χ1) is 11.2. The van der Waals surface area contributed by atoms with Gasteiger partial charge in [-0.05, 0) is 36.1 Å². The maximum atomic E-state index is 4.40. The van der Waals surface area contributed by atoms with Crippen LogP contribution in [0.4, 0.5) is 0 Å². The fourth-order valence-electron chi connectivity index (χ4n) is 2.26. The van der Waals surface area contributed by atoms with Gasteiger partial charge in [0.05, 0.1) is 5.69 Å². The number of nitrogens with one attached hydrogen (secondary N) is 2. The van der Waals surface area contributed by atoms with Crippen LogP contribution in [0.2, 0.25) is 0 Å². The van der Waals surface area contributed by atoms with Crippen molar-refractivity contribution in [2.45, 2.75) is 26.8 Å². The topological polar surface area (TPSA) is 49.3 Å². The van der Waals surface area contributed by atoms with Crippen molar-refractivity contribution in [3.05, 3.63) is 54.2 Å². The second-order valence-electron chi connectivity index (χ2n) is 5.95. The fraction of sp³-hybridized carbons (Fsp3) is 0.368. The summed E-state index contributed by atoms with van der Waals surface area (Å²) in [5, 5.41) is 6.70. The van der Waals surface area contributed by atoms with E-state index in [2.05, 4.69) is 58.7 Å². The Hall–Kier alpha value is -2.36. The number of aliphatic imine (C=N–C) groups is 1. The molecule has 0 spiro atoms. The number of benzene rings is 1. The number of pyridine rings is 1. The monoisotopic (exact) mass is 310 g/mol. The maximum Gasteiger partial charge on any atom is 0.191 e. The predicted octanol–water partition coefficient (Wildman–Crippen LogP) is 3.46. The summed E-state index contributed by atoms with van der Waals surface area (Å²) in [5.41, 5.74) is 3.33. The summed E-state index contributed by atoms with van der Waals surface area (Å²) in [7, 11) is 1.80. The fourth-order valence-corrected chi connectivity index (χ4v) is 2.26. The molecule has 2 rings (SSSR count). The van der Waals surface area contributed by atoms with Crippen molar-refractivity contribution in [3.63, 3.8) is 0 Å². The van der Waals surface area contributed by atoms with Crippen LogP contribution in [0.3, 0.4) is 0 Å². The lowest BCUT2D eigenvalue weighted by molar-refractivity contribution is 0.573. The highest BCUT2D eigenvalue weighted by molar-refractivity contribution is 5.79. The van der Waals surface area contributed by atoms with Crippen LogP contribution in [-0.2, 0) is 6.54 Å². The van der Waals surface area contributed by atoms with Gasteiger partial charge in [-0.15, -0.1) is 0 Å². The van der Waals surface area contributed by atoms with Gasteiger partial charge in [-0.2, -0.15) is 0 Å². The van der Waals surface area contributed by atoms with Crippen molar-refractivity contribution in [3.8, 4) is 11.3 Å². The van der Waals surface area contributed by atoms with Gasteiger partial charge in [0, 0.05) is 31.9 Å². The Morgan fingerprint density at radius 3 is 2.70 bits per heavy atom. The molecule has 122 valence electrons. The summed E-state index contributed by atoms with van der Waals surface area (Å²) in [5.74, 6) is 1.53. The highest BCUT2D eigenvalue weighted by atomic mass is 15.2. The first-order valence-electron chi connectivity index (χ1n) is 8.14. The van der Waals surface area contributed by atoms with Gasteiger partial charge in [0.25, 0.3) is 0 Å². The van der Waals surface area contributed by atoms with Gasteiger partial charge in [0.2, 0.25) is 0 Å². The molecule has 0 unspecified atom stereocenters. The van der Waals surface area contributed by atoms with Gasteiger partial charge in [-0.25, -0.2) is 0 Å². The van der Waals surface area contributed by atoms with Crippen LogP contribution in [0.25, 0.3) is 11.3 Å². The molecule has 0 fully saturated rings. The molecule has 0 atom stereocenters. The lowest BCUT2D eigenvalue weighted by Gasteiger charge is -2.13. The predicted molar refractivity (Wildman–Crippen MR) is 97.3 cm³/mol. The summed E-state index contributed by atoms with van der Waals surface area (Å²) in [4.78, 5) is 8.66. The van der Waals surface area contributed by atoms with Crippen molar-refractivity contribution in [1.82, 2.24) is 15.6 Å². The van der Waals surface area contributed by atoms with E-state index in [0.717, 1.165) is 36.7 Å². The standard InChI is InChI=1S/C19H26N4/c1-15(2)10-12-22-19(20-3)23-14-16-7-6-8-17(13-16)18-9-4-5-11-21-18/h4-9,11,13,15H,10,12,14H2,1-3H3,(H2,20,22,23). The molecule has 2 aromatic rings. The average Bonchev–Trinajstić information content (AvgIpc) is 2.58. The Labute approximate surface area is 139 Å². The van der Waals surface area contributed by atoms with E-state index >= 15 is 0 Å². The molecule has 0 aliphatic carbocycles. The Morgan fingerprint density at radius 1 is 1.13 bits per heavy atom. The van der Waals surface area contributed by atoms with Gasteiger partial charge in [0.15, 0.2) is 5.96 Å². The molecular weight excluding hydrogens is 284 g/mol. The van der Waals surface area contributed by atoms with Gasteiger partial charge < -0.3 is 10.6 Å². The molecule has 1 aromatic heterocycles. The van der Waals surface area contributed by atoms with E-state index in [9.17, 15) is 0 Å². The highest BCUT2D eigenvalue weighted by Gasteiger charge is 2.02. The summed E-state index contributed by atoms with van der Waals surface area (Å²) in [6.45, 7) is 6.12. The molecule has 0 saturated heterocycles. The van der Waals surface area contributed by atoms with Crippen molar-refractivity contribution in [2.75, 3.05) is 13.6 Å². The van der Waals surface area contributed by atoms with E-state index in [1.54, 1.807) is 7.05 Å². The molecule has 0 saturated carbocycles. The number of nitrogens with zero attached hydrogens (tertiary/aromatic N) is 2. The third-order valence-electron chi connectivity index (χ3n) is 3.59. The van der Waals surface area contributed by atoms with Gasteiger partial charge in [-0.1, -0.05) is 38.1 Å². The zero-order valence-corrected chi connectivity index (χ0v) is 14.2. The van der Waals surface area contributed by atoms with Crippen LogP contribution in [0.1, 0.15) is 25.8 Å². The van der Waals surface area contributed by atoms with Crippen molar-refractivity contribution in [1.29, 1.82) is 0 Å². The molecular formula is C19H26N4. The molecule has 1 heterocycles. The minimum atomic E-state index is 0.690. The molecule has 0 bridgehead atoms. The zero-order valence-electron chi connectivity index (χ0n) is 14.2. The quantitative estimate of drug-likeness (QED) is 0.634. The summed E-state index contributed by atoms with van der Waals surface area (Å²) in [6, 6.07) is 14.4. The van der Waals surface area contributed by atoms with E-state index in [-0.39, 0.29) is 0 Å². The first kappa shape index (κ1) is 17.0.